The van der Waals surface area contributed by atoms with E-state index in [0.29, 0.717) is 5.69 Å². The maximum Gasteiger partial charge on any atom is 0.291 e. The Hall–Kier alpha value is -1.49. The molecule has 0 spiro atoms. The number of hydrogen-bond donors (Lipinski definition) is 1. The van der Waals surface area contributed by atoms with Gasteiger partial charge in [0, 0.05) is 23.7 Å². The number of nitrogens with zero attached hydrogens (tertiary/aromatic N) is 2. The molecule has 0 saturated heterocycles. The molecule has 1 rings (SSSR count). The number of rotatable bonds is 4. The molecule has 2 unspecified atom stereocenters. The summed E-state index contributed by atoms with van der Waals surface area (Å²) in [6.45, 7) is 5.66. The number of hydrogen-bond acceptors (Lipinski definition) is 4. The van der Waals surface area contributed by atoms with E-state index in [-0.39, 0.29) is 17.6 Å². The molecule has 2 N–H and O–H groups in total. The van der Waals surface area contributed by atoms with Crippen LogP contribution in [-0.4, -0.2) is 15.9 Å². The number of aromatic nitrogens is 1. The smallest absolute Gasteiger partial charge is 0.291 e. The molecule has 0 aromatic carbocycles. The summed E-state index contributed by atoms with van der Waals surface area (Å²) in [5.74, 6) is -0.106. The minimum absolute atomic E-state index is 0.0574. The molecule has 1 aromatic heterocycles. The van der Waals surface area contributed by atoms with Crippen molar-refractivity contribution in [2.45, 2.75) is 39.2 Å². The van der Waals surface area contributed by atoms with Crippen molar-refractivity contribution >= 4 is 5.69 Å². The van der Waals surface area contributed by atoms with Crippen molar-refractivity contribution in [3.05, 3.63) is 33.6 Å². The molecule has 0 saturated carbocycles. The van der Waals surface area contributed by atoms with Crippen LogP contribution in [0.25, 0.3) is 0 Å². The summed E-state index contributed by atoms with van der Waals surface area (Å²) < 4.78 is 0. The summed E-state index contributed by atoms with van der Waals surface area (Å²) >= 11 is 0. The highest BCUT2D eigenvalue weighted by molar-refractivity contribution is 5.38. The number of pyridine rings is 1. The van der Waals surface area contributed by atoms with Crippen molar-refractivity contribution in [1.82, 2.24) is 4.98 Å². The van der Waals surface area contributed by atoms with Gasteiger partial charge in [-0.2, -0.15) is 0 Å². The number of aryl methyl sites for hydroxylation is 1. The fraction of sp³-hybridized carbons (Fsp3) is 0.545. The molecule has 5 nitrogen and oxygen atoms in total. The molecule has 1 heterocycles. The summed E-state index contributed by atoms with van der Waals surface area (Å²) in [5, 5.41) is 10.9. The molecule has 88 valence electrons. The zero-order chi connectivity index (χ0) is 12.3. The molecule has 16 heavy (non-hydrogen) atoms. The molecule has 0 fully saturated rings. The van der Waals surface area contributed by atoms with E-state index in [1.54, 1.807) is 6.07 Å². The van der Waals surface area contributed by atoms with Crippen LogP contribution < -0.4 is 5.73 Å². The Balaban J connectivity index is 3.19. The minimum Gasteiger partial charge on any atom is -0.327 e. The normalized spacial score (nSPS) is 14.5. The second-order valence-corrected chi connectivity index (χ2v) is 3.97. The SMILES string of the molecule is CCC(N)C(C)c1nc(C)ccc1[N+](=O)[O-]. The second-order valence-electron chi connectivity index (χ2n) is 3.97. The molecule has 0 bridgehead atoms. The van der Waals surface area contributed by atoms with Crippen LogP contribution in [0.5, 0.6) is 0 Å². The molecule has 0 radical (unpaired) electrons. The van der Waals surface area contributed by atoms with Gasteiger partial charge in [0.2, 0.25) is 0 Å². The zero-order valence-corrected chi connectivity index (χ0v) is 9.80. The Bertz CT molecular complexity index is 393. The Morgan fingerprint density at radius 3 is 2.69 bits per heavy atom. The van der Waals surface area contributed by atoms with Gasteiger partial charge in [0.25, 0.3) is 5.69 Å². The van der Waals surface area contributed by atoms with Crippen molar-refractivity contribution < 1.29 is 4.92 Å². The summed E-state index contributed by atoms with van der Waals surface area (Å²) in [4.78, 5) is 14.7. The molecular formula is C11H17N3O2. The Kier molecular flexibility index (Phi) is 3.95. The van der Waals surface area contributed by atoms with Gasteiger partial charge in [-0.1, -0.05) is 13.8 Å². The highest BCUT2D eigenvalue weighted by atomic mass is 16.6. The number of nitro groups is 1. The van der Waals surface area contributed by atoms with Crippen LogP contribution in [0.15, 0.2) is 12.1 Å². The highest BCUT2D eigenvalue weighted by Crippen LogP contribution is 2.27. The average Bonchev–Trinajstić information content (AvgIpc) is 2.26. The minimum atomic E-state index is -0.402. The third-order valence-corrected chi connectivity index (χ3v) is 2.78. The van der Waals surface area contributed by atoms with E-state index in [9.17, 15) is 10.1 Å². The fourth-order valence-electron chi connectivity index (χ4n) is 1.62. The maximum atomic E-state index is 10.9. The van der Waals surface area contributed by atoms with Gasteiger partial charge in [-0.15, -0.1) is 0 Å². The monoisotopic (exact) mass is 223 g/mol. The molecular weight excluding hydrogens is 206 g/mol. The molecule has 0 amide bonds. The first-order valence-corrected chi connectivity index (χ1v) is 5.34. The van der Waals surface area contributed by atoms with Gasteiger partial charge < -0.3 is 5.73 Å². The largest absolute Gasteiger partial charge is 0.327 e. The van der Waals surface area contributed by atoms with Crippen molar-refractivity contribution in [1.29, 1.82) is 0 Å². The maximum absolute atomic E-state index is 10.9. The van der Waals surface area contributed by atoms with E-state index >= 15 is 0 Å². The van der Waals surface area contributed by atoms with Crippen LogP contribution in [0.4, 0.5) is 5.69 Å². The molecule has 5 heteroatoms. The third-order valence-electron chi connectivity index (χ3n) is 2.78. The topological polar surface area (TPSA) is 82.0 Å². The molecule has 0 aliphatic carbocycles. The van der Waals surface area contributed by atoms with E-state index in [1.807, 2.05) is 20.8 Å². The Morgan fingerprint density at radius 2 is 2.19 bits per heavy atom. The van der Waals surface area contributed by atoms with Gasteiger partial charge >= 0.3 is 0 Å². The van der Waals surface area contributed by atoms with Crippen molar-refractivity contribution in [3.8, 4) is 0 Å². The Morgan fingerprint density at radius 1 is 1.56 bits per heavy atom. The standard InChI is InChI=1S/C11H17N3O2/c1-4-9(12)8(3)11-10(14(15)16)6-5-7(2)13-11/h5-6,8-9H,4,12H2,1-3H3. The highest BCUT2D eigenvalue weighted by Gasteiger charge is 2.24. The van der Waals surface area contributed by atoms with Crippen LogP contribution in [0.3, 0.4) is 0 Å². The first-order chi connectivity index (χ1) is 7.47. The van der Waals surface area contributed by atoms with Crippen LogP contribution in [0.1, 0.15) is 37.6 Å². The summed E-state index contributed by atoms with van der Waals surface area (Å²) in [6.07, 6.45) is 0.772. The van der Waals surface area contributed by atoms with Gasteiger partial charge in [0.1, 0.15) is 5.69 Å². The van der Waals surface area contributed by atoms with Crippen LogP contribution in [0, 0.1) is 17.0 Å². The van der Waals surface area contributed by atoms with Gasteiger partial charge in [0.05, 0.1) is 4.92 Å². The Labute approximate surface area is 94.8 Å². The number of nitrogens with two attached hydrogens (primary N) is 1. The van der Waals surface area contributed by atoms with E-state index in [2.05, 4.69) is 4.98 Å². The lowest BCUT2D eigenvalue weighted by atomic mass is 9.95. The summed E-state index contributed by atoms with van der Waals surface area (Å²) in [5.41, 5.74) is 7.22. The lowest BCUT2D eigenvalue weighted by Gasteiger charge is -2.17. The molecule has 0 aliphatic heterocycles. The van der Waals surface area contributed by atoms with Gasteiger partial charge in [-0.25, -0.2) is 0 Å². The molecule has 2 atom stereocenters. The third kappa shape index (κ3) is 2.55. The zero-order valence-electron chi connectivity index (χ0n) is 9.80. The second kappa shape index (κ2) is 5.03. The van der Waals surface area contributed by atoms with E-state index in [0.717, 1.165) is 12.1 Å². The average molecular weight is 223 g/mol. The van der Waals surface area contributed by atoms with E-state index in [1.165, 1.54) is 6.07 Å². The van der Waals surface area contributed by atoms with Crippen LogP contribution in [-0.2, 0) is 0 Å². The molecule has 0 aliphatic rings. The van der Waals surface area contributed by atoms with Gasteiger partial charge in [-0.3, -0.25) is 15.1 Å². The van der Waals surface area contributed by atoms with Crippen LogP contribution >= 0.6 is 0 Å². The van der Waals surface area contributed by atoms with Crippen molar-refractivity contribution in [2.24, 2.45) is 5.73 Å². The lowest BCUT2D eigenvalue weighted by Crippen LogP contribution is -2.27. The van der Waals surface area contributed by atoms with E-state index in [4.69, 9.17) is 5.73 Å². The summed E-state index contributed by atoms with van der Waals surface area (Å²) in [6, 6.07) is 3.04. The first-order valence-electron chi connectivity index (χ1n) is 5.34. The lowest BCUT2D eigenvalue weighted by molar-refractivity contribution is -0.386. The predicted molar refractivity (Wildman–Crippen MR) is 62.3 cm³/mol. The van der Waals surface area contributed by atoms with Gasteiger partial charge in [0.15, 0.2) is 0 Å². The quantitative estimate of drug-likeness (QED) is 0.626. The van der Waals surface area contributed by atoms with E-state index < -0.39 is 4.92 Å². The first kappa shape index (κ1) is 12.6. The fourth-order valence-corrected chi connectivity index (χ4v) is 1.62. The van der Waals surface area contributed by atoms with Gasteiger partial charge in [-0.05, 0) is 19.4 Å². The van der Waals surface area contributed by atoms with Crippen molar-refractivity contribution in [2.75, 3.05) is 0 Å². The van der Waals surface area contributed by atoms with Crippen LogP contribution in [0.2, 0.25) is 0 Å². The summed E-state index contributed by atoms with van der Waals surface area (Å²) in [7, 11) is 0. The van der Waals surface area contributed by atoms with Crippen molar-refractivity contribution in [3.63, 3.8) is 0 Å². The predicted octanol–water partition coefficient (Wildman–Crippen LogP) is 2.14. The molecule has 1 aromatic rings.